The predicted molar refractivity (Wildman–Crippen MR) is 144 cm³/mol. The van der Waals surface area contributed by atoms with E-state index < -0.39 is 23.8 Å². The Balaban J connectivity index is 1.21. The van der Waals surface area contributed by atoms with Gasteiger partial charge in [-0.05, 0) is 81.6 Å². The second-order valence-corrected chi connectivity index (χ2v) is 12.3. The minimum Gasteiger partial charge on any atom is -0.444 e. The fraction of sp³-hybridized carbons (Fsp3) is 0.633. The zero-order valence-corrected chi connectivity index (χ0v) is 23.1. The van der Waals surface area contributed by atoms with Gasteiger partial charge in [-0.3, -0.25) is 14.6 Å². The van der Waals surface area contributed by atoms with E-state index in [1.807, 2.05) is 6.07 Å². The predicted octanol–water partition coefficient (Wildman–Crippen LogP) is 4.04. The van der Waals surface area contributed by atoms with Gasteiger partial charge in [0.1, 0.15) is 23.5 Å². The number of likely N-dealkylation sites (tertiary alicyclic amines) is 1. The average Bonchev–Trinajstić information content (AvgIpc) is 3.66. The highest BCUT2D eigenvalue weighted by molar-refractivity contribution is 5.87. The molecule has 2 saturated heterocycles. The maximum atomic E-state index is 15.2. The molecule has 1 unspecified atom stereocenters. The van der Waals surface area contributed by atoms with Gasteiger partial charge in [0.25, 0.3) is 0 Å². The van der Waals surface area contributed by atoms with Crippen molar-refractivity contribution in [2.45, 2.75) is 89.1 Å². The molecular weight excluding hydrogens is 499 g/mol. The second kappa shape index (κ2) is 11.3. The lowest BCUT2D eigenvalue weighted by atomic mass is 9.95. The third kappa shape index (κ3) is 6.12. The highest BCUT2D eigenvalue weighted by Crippen LogP contribution is 2.43. The van der Waals surface area contributed by atoms with E-state index in [0.717, 1.165) is 69.5 Å². The van der Waals surface area contributed by atoms with Crippen LogP contribution >= 0.6 is 0 Å². The van der Waals surface area contributed by atoms with Gasteiger partial charge in [0.05, 0.1) is 12.7 Å². The minimum atomic E-state index is -0.909. The molecule has 5 rings (SSSR count). The topological polar surface area (TPSA) is 94.9 Å². The van der Waals surface area contributed by atoms with Gasteiger partial charge in [-0.1, -0.05) is 18.2 Å². The van der Waals surface area contributed by atoms with Gasteiger partial charge in [-0.2, -0.15) is 5.26 Å². The third-order valence-corrected chi connectivity index (χ3v) is 8.44. The maximum absolute atomic E-state index is 15.2. The van der Waals surface area contributed by atoms with Crippen molar-refractivity contribution < 1.29 is 23.5 Å². The molecular formula is C30H39FN4O4. The maximum Gasteiger partial charge on any atom is 0.411 e. The Morgan fingerprint density at radius 2 is 2.08 bits per heavy atom. The van der Waals surface area contributed by atoms with Crippen LogP contribution in [0.2, 0.25) is 0 Å². The van der Waals surface area contributed by atoms with Crippen LogP contribution in [0.4, 0.5) is 9.18 Å². The van der Waals surface area contributed by atoms with Crippen LogP contribution in [0.25, 0.3) is 5.57 Å². The van der Waals surface area contributed by atoms with Crippen molar-refractivity contribution in [3.63, 3.8) is 0 Å². The second-order valence-electron chi connectivity index (χ2n) is 12.3. The molecule has 1 aromatic rings. The Morgan fingerprint density at radius 1 is 1.26 bits per heavy atom. The van der Waals surface area contributed by atoms with Crippen molar-refractivity contribution in [2.75, 3.05) is 26.3 Å². The van der Waals surface area contributed by atoms with Gasteiger partial charge in [-0.15, -0.1) is 0 Å². The van der Waals surface area contributed by atoms with Crippen molar-refractivity contribution in [1.29, 1.82) is 5.26 Å². The largest absolute Gasteiger partial charge is 0.444 e. The van der Waals surface area contributed by atoms with Gasteiger partial charge >= 0.3 is 6.09 Å². The number of carbonyl (C=O) groups is 2. The molecule has 4 aliphatic rings. The molecule has 5 atom stereocenters. The molecule has 3 fully saturated rings. The van der Waals surface area contributed by atoms with Gasteiger partial charge in [0, 0.05) is 38.2 Å². The van der Waals surface area contributed by atoms with Gasteiger partial charge in [0.15, 0.2) is 0 Å². The molecule has 3 aliphatic heterocycles. The first-order valence-electron chi connectivity index (χ1n) is 14.1. The van der Waals surface area contributed by atoms with Crippen molar-refractivity contribution in [3.8, 4) is 6.07 Å². The van der Waals surface area contributed by atoms with Crippen molar-refractivity contribution >= 4 is 17.6 Å². The standard InChI is InChI=1S/C30H39FN4O4/c1-30(2,3)39-29(37)35-24-7-6-22(15-24)27(35)28(36)33-23(17-32)14-21-5-4-20(16-26(21)31)19-8-11-34(12-9-19)25-10-13-38-18-25/h4-5,8,16,22-25,27H,6-7,9-15,18H2,1-3H3,(H,33,36)/t22-,23-,24+,25?,27-/m0/s1. The molecule has 1 saturated carbocycles. The summed E-state index contributed by atoms with van der Waals surface area (Å²) in [6, 6.07) is 6.11. The van der Waals surface area contributed by atoms with Crippen LogP contribution in [0, 0.1) is 23.1 Å². The van der Waals surface area contributed by atoms with E-state index in [-0.39, 0.29) is 30.1 Å². The fourth-order valence-corrected chi connectivity index (χ4v) is 6.51. The van der Waals surface area contributed by atoms with Gasteiger partial charge in [-0.25, -0.2) is 9.18 Å². The summed E-state index contributed by atoms with van der Waals surface area (Å²) >= 11 is 0. The van der Waals surface area contributed by atoms with Crippen LogP contribution < -0.4 is 5.32 Å². The number of benzene rings is 1. The monoisotopic (exact) mass is 538 g/mol. The highest BCUT2D eigenvalue weighted by atomic mass is 19.1. The van der Waals surface area contributed by atoms with Gasteiger partial charge in [0.2, 0.25) is 5.91 Å². The van der Waals surface area contributed by atoms with Gasteiger partial charge < -0.3 is 14.8 Å². The number of nitriles is 1. The Kier molecular flexibility index (Phi) is 7.97. The SMILES string of the molecule is CC(C)(C)OC(=O)N1[C@@H]2CC[C@@H](C2)[C@H]1C(=O)N[C@H](C#N)Cc1ccc(C2=CCN(C3CCOC3)CC2)cc1F. The van der Waals surface area contributed by atoms with E-state index in [2.05, 4.69) is 22.4 Å². The first-order valence-corrected chi connectivity index (χ1v) is 14.1. The number of fused-ring (bicyclic) bond motifs is 2. The van der Waals surface area contributed by atoms with E-state index in [4.69, 9.17) is 9.47 Å². The number of amides is 2. The number of hydrogen-bond acceptors (Lipinski definition) is 6. The molecule has 8 nitrogen and oxygen atoms in total. The van der Waals surface area contributed by atoms with Crippen molar-refractivity contribution in [2.24, 2.45) is 5.92 Å². The van der Waals surface area contributed by atoms with Crippen LogP contribution in [-0.4, -0.2) is 77.9 Å². The number of rotatable bonds is 6. The summed E-state index contributed by atoms with van der Waals surface area (Å²) in [5, 5.41) is 12.6. The molecule has 0 radical (unpaired) electrons. The zero-order chi connectivity index (χ0) is 27.7. The molecule has 2 bridgehead atoms. The lowest BCUT2D eigenvalue weighted by Gasteiger charge is -2.35. The summed E-state index contributed by atoms with van der Waals surface area (Å²) in [5.41, 5.74) is 1.69. The molecule has 39 heavy (non-hydrogen) atoms. The number of nitrogens with one attached hydrogen (secondary N) is 1. The molecule has 1 aromatic carbocycles. The Hall–Kier alpha value is -2.96. The van der Waals surface area contributed by atoms with E-state index in [1.54, 1.807) is 31.7 Å². The number of ether oxygens (including phenoxy) is 2. The summed E-state index contributed by atoms with van der Waals surface area (Å²) in [6.07, 6.45) is 6.09. The molecule has 0 spiro atoms. The Morgan fingerprint density at radius 3 is 2.72 bits per heavy atom. The number of halogens is 1. The van der Waals surface area contributed by atoms with Crippen LogP contribution in [0.3, 0.4) is 0 Å². The van der Waals surface area contributed by atoms with E-state index in [0.29, 0.717) is 11.6 Å². The Labute approximate surface area is 230 Å². The zero-order valence-electron chi connectivity index (χ0n) is 23.1. The van der Waals surface area contributed by atoms with Crippen molar-refractivity contribution in [3.05, 3.63) is 41.2 Å². The number of hydrogen-bond donors (Lipinski definition) is 1. The summed E-state index contributed by atoms with van der Waals surface area (Å²) < 4.78 is 26.2. The lowest BCUT2D eigenvalue weighted by molar-refractivity contribution is -0.128. The Bertz CT molecular complexity index is 1170. The van der Waals surface area contributed by atoms with E-state index >= 15 is 4.39 Å². The normalized spacial score (nSPS) is 27.7. The molecule has 3 heterocycles. The minimum absolute atomic E-state index is 0.0289. The fourth-order valence-electron chi connectivity index (χ4n) is 6.51. The smallest absolute Gasteiger partial charge is 0.411 e. The number of nitrogens with zero attached hydrogens (tertiary/aromatic N) is 3. The van der Waals surface area contributed by atoms with Crippen LogP contribution in [0.1, 0.15) is 64.0 Å². The molecule has 9 heteroatoms. The number of carbonyl (C=O) groups excluding carboxylic acids is 2. The first kappa shape index (κ1) is 27.6. The summed E-state index contributed by atoms with van der Waals surface area (Å²) in [7, 11) is 0. The summed E-state index contributed by atoms with van der Waals surface area (Å²) in [5.74, 6) is -0.718. The molecule has 210 valence electrons. The first-order chi connectivity index (χ1) is 18.6. The quantitative estimate of drug-likeness (QED) is 0.588. The highest BCUT2D eigenvalue weighted by Gasteiger charge is 2.52. The van der Waals surface area contributed by atoms with Crippen LogP contribution in [-0.2, 0) is 20.7 Å². The van der Waals surface area contributed by atoms with E-state index in [9.17, 15) is 14.9 Å². The molecule has 1 aliphatic carbocycles. The average molecular weight is 539 g/mol. The molecule has 0 aromatic heterocycles. The molecule has 2 amide bonds. The van der Waals surface area contributed by atoms with Crippen molar-refractivity contribution in [1.82, 2.24) is 15.1 Å². The number of piperidine rings is 1. The molecule has 1 N–H and O–H groups in total. The summed E-state index contributed by atoms with van der Waals surface area (Å²) in [4.78, 5) is 30.2. The summed E-state index contributed by atoms with van der Waals surface area (Å²) in [6.45, 7) is 8.75. The van der Waals surface area contributed by atoms with E-state index in [1.165, 1.54) is 6.07 Å². The third-order valence-electron chi connectivity index (χ3n) is 8.44. The van der Waals surface area contributed by atoms with Crippen LogP contribution in [0.5, 0.6) is 0 Å². The lowest BCUT2D eigenvalue weighted by Crippen LogP contribution is -2.55. The van der Waals surface area contributed by atoms with Crippen LogP contribution in [0.15, 0.2) is 24.3 Å².